The molecule has 2 heterocycles. The van der Waals surface area contributed by atoms with Gasteiger partial charge in [0.15, 0.2) is 0 Å². The molecule has 1 aliphatic rings. The van der Waals surface area contributed by atoms with Gasteiger partial charge in [0.05, 0.1) is 23.0 Å². The number of halogens is 1. The molecular formula is C23H31BrN4O4. The van der Waals surface area contributed by atoms with E-state index in [1.807, 2.05) is 46.0 Å². The van der Waals surface area contributed by atoms with E-state index in [-0.39, 0.29) is 12.0 Å². The van der Waals surface area contributed by atoms with Gasteiger partial charge in [-0.2, -0.15) is 5.10 Å². The number of carbonyl (C=O) groups is 2. The molecule has 1 aromatic carbocycles. The lowest BCUT2D eigenvalue weighted by atomic mass is 9.98. The first-order chi connectivity index (χ1) is 15.0. The van der Waals surface area contributed by atoms with Crippen LogP contribution in [0.15, 0.2) is 28.9 Å². The van der Waals surface area contributed by atoms with Crippen LogP contribution in [0.1, 0.15) is 40.5 Å². The van der Waals surface area contributed by atoms with Crippen molar-refractivity contribution in [2.45, 2.75) is 46.1 Å². The van der Waals surface area contributed by atoms with Crippen molar-refractivity contribution in [3.05, 3.63) is 28.9 Å². The number of likely N-dealkylation sites (tertiary alicyclic amines) is 1. The monoisotopic (exact) mass is 506 g/mol. The van der Waals surface area contributed by atoms with E-state index in [1.54, 1.807) is 15.8 Å². The van der Waals surface area contributed by atoms with Gasteiger partial charge in [0.1, 0.15) is 11.4 Å². The van der Waals surface area contributed by atoms with Gasteiger partial charge in [-0.1, -0.05) is 0 Å². The second kappa shape index (κ2) is 9.94. The number of amides is 2. The molecule has 174 valence electrons. The van der Waals surface area contributed by atoms with Crippen LogP contribution < -0.4 is 10.1 Å². The van der Waals surface area contributed by atoms with Gasteiger partial charge in [-0.25, -0.2) is 4.79 Å². The highest BCUT2D eigenvalue weighted by atomic mass is 79.9. The molecule has 9 heteroatoms. The molecule has 2 amide bonds. The first kappa shape index (κ1) is 24.1. The third-order valence-electron chi connectivity index (χ3n) is 5.19. The second-order valence-electron chi connectivity index (χ2n) is 9.08. The zero-order chi connectivity index (χ0) is 23.5. The van der Waals surface area contributed by atoms with Crippen LogP contribution in [0.5, 0.6) is 5.75 Å². The maximum atomic E-state index is 12.3. The van der Waals surface area contributed by atoms with Crippen LogP contribution in [0.2, 0.25) is 0 Å². The van der Waals surface area contributed by atoms with Crippen molar-refractivity contribution < 1.29 is 19.1 Å². The van der Waals surface area contributed by atoms with Gasteiger partial charge >= 0.3 is 6.09 Å². The van der Waals surface area contributed by atoms with Crippen molar-refractivity contribution in [1.29, 1.82) is 0 Å². The Hall–Kier alpha value is -2.55. The number of benzene rings is 1. The van der Waals surface area contributed by atoms with Crippen molar-refractivity contribution in [3.8, 4) is 17.0 Å². The molecule has 3 rings (SSSR count). The summed E-state index contributed by atoms with van der Waals surface area (Å²) in [6, 6.07) is 5.59. The molecule has 0 radical (unpaired) electrons. The molecule has 0 spiro atoms. The average molecular weight is 507 g/mol. The first-order valence-electron chi connectivity index (χ1n) is 10.7. The molecule has 32 heavy (non-hydrogen) atoms. The Morgan fingerprint density at radius 1 is 1.25 bits per heavy atom. The lowest BCUT2D eigenvalue weighted by molar-refractivity contribution is -0.114. The predicted molar refractivity (Wildman–Crippen MR) is 127 cm³/mol. The SMILES string of the molecule is CC(=O)Nc1ccc(OCC2CCN(C(=O)OC(C)(C)C)CC2)c(-c2c(Br)cnn2C)c1. The number of ether oxygens (including phenoxy) is 2. The standard InChI is InChI=1S/C23H31BrN4O4/c1-15(29)26-17-6-7-20(18(12-17)21-19(24)13-25-27(21)5)31-14-16-8-10-28(11-9-16)22(30)32-23(2,3)4/h6-7,12-13,16H,8-11,14H2,1-5H3,(H,26,29). The topological polar surface area (TPSA) is 85.7 Å². The average Bonchev–Trinajstić information content (AvgIpc) is 3.03. The summed E-state index contributed by atoms with van der Waals surface area (Å²) in [6.07, 6.45) is 3.19. The van der Waals surface area contributed by atoms with Crippen molar-refractivity contribution in [3.63, 3.8) is 0 Å². The van der Waals surface area contributed by atoms with Gasteiger partial charge in [0.25, 0.3) is 0 Å². The van der Waals surface area contributed by atoms with Crippen LogP contribution in [0.4, 0.5) is 10.5 Å². The molecule has 0 saturated carbocycles. The highest BCUT2D eigenvalue weighted by Crippen LogP contribution is 2.37. The van der Waals surface area contributed by atoms with E-state index in [1.165, 1.54) is 6.92 Å². The van der Waals surface area contributed by atoms with Gasteiger partial charge in [-0.3, -0.25) is 9.48 Å². The number of hydrogen-bond donors (Lipinski definition) is 1. The fourth-order valence-electron chi connectivity index (χ4n) is 3.65. The fraction of sp³-hybridized carbons (Fsp3) is 0.522. The largest absolute Gasteiger partial charge is 0.493 e. The van der Waals surface area contributed by atoms with E-state index < -0.39 is 5.60 Å². The van der Waals surface area contributed by atoms with Crippen LogP contribution in [0, 0.1) is 5.92 Å². The molecule has 1 aliphatic heterocycles. The minimum atomic E-state index is -0.489. The van der Waals surface area contributed by atoms with Crippen LogP contribution in [-0.2, 0) is 16.6 Å². The van der Waals surface area contributed by atoms with Crippen molar-refractivity contribution in [1.82, 2.24) is 14.7 Å². The summed E-state index contributed by atoms with van der Waals surface area (Å²) in [7, 11) is 1.86. The summed E-state index contributed by atoms with van der Waals surface area (Å²) in [5.74, 6) is 0.926. The number of rotatable bonds is 5. The van der Waals surface area contributed by atoms with E-state index in [0.29, 0.717) is 31.3 Å². The number of aromatic nitrogens is 2. The number of carbonyl (C=O) groups excluding carboxylic acids is 2. The van der Waals surface area contributed by atoms with Crippen molar-refractivity contribution in [2.24, 2.45) is 13.0 Å². The van der Waals surface area contributed by atoms with Crippen LogP contribution in [-0.4, -0.2) is 52.0 Å². The molecule has 1 N–H and O–H groups in total. The number of piperidine rings is 1. The molecule has 0 unspecified atom stereocenters. The van der Waals surface area contributed by atoms with E-state index in [0.717, 1.165) is 34.3 Å². The predicted octanol–water partition coefficient (Wildman–Crippen LogP) is 4.83. The van der Waals surface area contributed by atoms with Crippen molar-refractivity contribution in [2.75, 3.05) is 25.0 Å². The molecule has 2 aromatic rings. The normalized spacial score (nSPS) is 14.9. The highest BCUT2D eigenvalue weighted by molar-refractivity contribution is 9.10. The molecule has 0 aliphatic carbocycles. The fourth-order valence-corrected chi connectivity index (χ4v) is 4.21. The van der Waals surface area contributed by atoms with Gasteiger partial charge in [0, 0.05) is 38.3 Å². The van der Waals surface area contributed by atoms with E-state index >= 15 is 0 Å². The van der Waals surface area contributed by atoms with Gasteiger partial charge in [0.2, 0.25) is 5.91 Å². The van der Waals surface area contributed by atoms with Crippen LogP contribution in [0.3, 0.4) is 0 Å². The Bertz CT molecular complexity index is 955. The second-order valence-corrected chi connectivity index (χ2v) is 9.93. The Morgan fingerprint density at radius 2 is 1.94 bits per heavy atom. The lowest BCUT2D eigenvalue weighted by Gasteiger charge is -2.33. The molecule has 0 atom stereocenters. The smallest absolute Gasteiger partial charge is 0.410 e. The van der Waals surface area contributed by atoms with E-state index in [9.17, 15) is 9.59 Å². The minimum absolute atomic E-state index is 0.134. The first-order valence-corrected chi connectivity index (χ1v) is 11.5. The summed E-state index contributed by atoms with van der Waals surface area (Å²) in [4.78, 5) is 25.6. The molecular weight excluding hydrogens is 476 g/mol. The molecule has 1 fully saturated rings. The summed E-state index contributed by atoms with van der Waals surface area (Å²) in [5.41, 5.74) is 1.91. The summed E-state index contributed by atoms with van der Waals surface area (Å²) in [6.45, 7) is 8.97. The summed E-state index contributed by atoms with van der Waals surface area (Å²) < 4.78 is 14.3. The lowest BCUT2D eigenvalue weighted by Crippen LogP contribution is -2.42. The third kappa shape index (κ3) is 6.25. The highest BCUT2D eigenvalue weighted by Gasteiger charge is 2.27. The molecule has 0 bridgehead atoms. The number of nitrogens with one attached hydrogen (secondary N) is 1. The van der Waals surface area contributed by atoms with E-state index in [2.05, 4.69) is 26.3 Å². The third-order valence-corrected chi connectivity index (χ3v) is 5.77. The minimum Gasteiger partial charge on any atom is -0.493 e. The Kier molecular flexibility index (Phi) is 7.48. The number of aryl methyl sites for hydroxylation is 1. The van der Waals surface area contributed by atoms with Crippen LogP contribution in [0.25, 0.3) is 11.3 Å². The summed E-state index contributed by atoms with van der Waals surface area (Å²) >= 11 is 3.56. The number of hydrogen-bond acceptors (Lipinski definition) is 5. The summed E-state index contributed by atoms with van der Waals surface area (Å²) in [5, 5.41) is 7.12. The van der Waals surface area contributed by atoms with E-state index in [4.69, 9.17) is 9.47 Å². The van der Waals surface area contributed by atoms with Gasteiger partial charge in [-0.15, -0.1) is 0 Å². The Morgan fingerprint density at radius 3 is 2.50 bits per heavy atom. The number of anilines is 1. The molecule has 1 saturated heterocycles. The van der Waals surface area contributed by atoms with Gasteiger partial charge in [-0.05, 0) is 73.7 Å². The Balaban J connectivity index is 1.68. The zero-order valence-electron chi connectivity index (χ0n) is 19.3. The maximum Gasteiger partial charge on any atom is 0.410 e. The van der Waals surface area contributed by atoms with Crippen LogP contribution >= 0.6 is 15.9 Å². The maximum absolute atomic E-state index is 12.3. The molecule has 1 aromatic heterocycles. The quantitative estimate of drug-likeness (QED) is 0.627. The molecule has 8 nitrogen and oxygen atoms in total. The zero-order valence-corrected chi connectivity index (χ0v) is 20.9. The van der Waals surface area contributed by atoms with Crippen molar-refractivity contribution >= 4 is 33.6 Å². The Labute approximate surface area is 197 Å². The van der Waals surface area contributed by atoms with Gasteiger partial charge < -0.3 is 19.7 Å². The number of nitrogens with zero attached hydrogens (tertiary/aromatic N) is 3.